The van der Waals surface area contributed by atoms with Crippen LogP contribution in [0.1, 0.15) is 24.5 Å². The molecule has 0 saturated heterocycles. The van der Waals surface area contributed by atoms with Crippen LogP contribution in [0.5, 0.6) is 0 Å². The van der Waals surface area contributed by atoms with Crippen molar-refractivity contribution in [1.29, 1.82) is 5.41 Å². The lowest BCUT2D eigenvalue weighted by molar-refractivity contribution is 0.223. The minimum Gasteiger partial charge on any atom is -0.396 e. The molecule has 0 radical (unpaired) electrons. The van der Waals surface area contributed by atoms with Crippen molar-refractivity contribution in [3.8, 4) is 0 Å². The van der Waals surface area contributed by atoms with E-state index in [1.807, 2.05) is 11.8 Å². The van der Waals surface area contributed by atoms with E-state index in [2.05, 4.69) is 0 Å². The van der Waals surface area contributed by atoms with E-state index in [1.54, 1.807) is 12.1 Å². The lowest BCUT2D eigenvalue weighted by Gasteiger charge is -2.20. The van der Waals surface area contributed by atoms with Gasteiger partial charge in [-0.05, 0) is 19.0 Å². The number of nitrogens with one attached hydrogen (secondary N) is 1. The summed E-state index contributed by atoms with van der Waals surface area (Å²) in [7, 11) is 0. The second-order valence-corrected chi connectivity index (χ2v) is 4.14. The number of hydrogen-bond donors (Lipinski definition) is 3. The molecule has 4 nitrogen and oxygen atoms in total. The fourth-order valence-corrected chi connectivity index (χ4v) is 1.79. The van der Waals surface area contributed by atoms with Gasteiger partial charge in [0.05, 0.1) is 5.56 Å². The van der Waals surface area contributed by atoms with E-state index in [1.165, 1.54) is 6.07 Å². The molecule has 0 aliphatic heterocycles. The Balaban J connectivity index is 2.83. The molecule has 0 aliphatic carbocycles. The fourth-order valence-electron chi connectivity index (χ4n) is 1.79. The van der Waals surface area contributed by atoms with Gasteiger partial charge in [0.25, 0.3) is 0 Å². The fraction of sp³-hybridized carbons (Fsp3) is 0.462. The summed E-state index contributed by atoms with van der Waals surface area (Å²) in [6, 6.07) is 4.91. The number of rotatable bonds is 7. The Morgan fingerprint density at radius 1 is 1.50 bits per heavy atom. The molecule has 0 atom stereocenters. The third-order valence-electron chi connectivity index (χ3n) is 2.84. The molecule has 1 rings (SSSR count). The van der Waals surface area contributed by atoms with Crippen LogP contribution in [-0.4, -0.2) is 35.5 Å². The zero-order valence-corrected chi connectivity index (χ0v) is 10.6. The summed E-state index contributed by atoms with van der Waals surface area (Å²) in [6.45, 7) is 4.08. The third-order valence-corrected chi connectivity index (χ3v) is 2.84. The molecule has 0 saturated carbocycles. The van der Waals surface area contributed by atoms with Crippen LogP contribution in [0.2, 0.25) is 0 Å². The standard InChI is InChI=1S/C13H20FN3O/c1-2-17(7-4-8-18)9-10-5-3-6-11(12(10)14)13(15)16/h3,5-6,18H,2,4,7-9H2,1H3,(H3,15,16). The summed E-state index contributed by atoms with van der Waals surface area (Å²) in [6.07, 6.45) is 0.669. The van der Waals surface area contributed by atoms with E-state index in [-0.39, 0.29) is 18.0 Å². The first-order valence-electron chi connectivity index (χ1n) is 6.05. The molecular formula is C13H20FN3O. The Morgan fingerprint density at radius 3 is 2.78 bits per heavy atom. The molecule has 0 aliphatic rings. The van der Waals surface area contributed by atoms with Gasteiger partial charge in [0, 0.05) is 25.3 Å². The minimum absolute atomic E-state index is 0.131. The molecule has 5 heteroatoms. The second kappa shape index (κ2) is 7.08. The van der Waals surface area contributed by atoms with Crippen LogP contribution in [0, 0.1) is 11.2 Å². The number of halogens is 1. The monoisotopic (exact) mass is 253 g/mol. The molecule has 18 heavy (non-hydrogen) atoms. The van der Waals surface area contributed by atoms with Gasteiger partial charge in [-0.2, -0.15) is 0 Å². The van der Waals surface area contributed by atoms with Gasteiger partial charge in [0.2, 0.25) is 0 Å². The highest BCUT2D eigenvalue weighted by atomic mass is 19.1. The summed E-state index contributed by atoms with van der Waals surface area (Å²) in [5, 5.41) is 16.1. The highest BCUT2D eigenvalue weighted by molar-refractivity contribution is 5.95. The van der Waals surface area contributed by atoms with Crippen molar-refractivity contribution in [1.82, 2.24) is 4.90 Å². The largest absolute Gasteiger partial charge is 0.396 e. The maximum absolute atomic E-state index is 14.0. The van der Waals surface area contributed by atoms with Gasteiger partial charge >= 0.3 is 0 Å². The summed E-state index contributed by atoms with van der Waals surface area (Å²) in [5.41, 5.74) is 6.00. The summed E-state index contributed by atoms with van der Waals surface area (Å²) >= 11 is 0. The average molecular weight is 253 g/mol. The zero-order valence-electron chi connectivity index (χ0n) is 10.6. The molecule has 1 aromatic rings. The van der Waals surface area contributed by atoms with Crippen molar-refractivity contribution in [2.45, 2.75) is 19.9 Å². The van der Waals surface area contributed by atoms with E-state index in [9.17, 15) is 4.39 Å². The average Bonchev–Trinajstić information content (AvgIpc) is 2.36. The number of hydrogen-bond acceptors (Lipinski definition) is 3. The first-order chi connectivity index (χ1) is 8.60. The third kappa shape index (κ3) is 3.78. The predicted molar refractivity (Wildman–Crippen MR) is 70.1 cm³/mol. The predicted octanol–water partition coefficient (Wildman–Crippen LogP) is 1.31. The maximum Gasteiger partial charge on any atom is 0.138 e. The van der Waals surface area contributed by atoms with Crippen LogP contribution in [-0.2, 0) is 6.54 Å². The first kappa shape index (κ1) is 14.6. The highest BCUT2D eigenvalue weighted by Crippen LogP contribution is 2.14. The van der Waals surface area contributed by atoms with E-state index < -0.39 is 5.82 Å². The number of aliphatic hydroxyl groups excluding tert-OH is 1. The molecule has 4 N–H and O–H groups in total. The van der Waals surface area contributed by atoms with Gasteiger partial charge in [-0.25, -0.2) is 4.39 Å². The molecule has 100 valence electrons. The Labute approximate surface area is 107 Å². The Morgan fingerprint density at radius 2 is 2.22 bits per heavy atom. The van der Waals surface area contributed by atoms with Gasteiger partial charge in [-0.3, -0.25) is 10.3 Å². The van der Waals surface area contributed by atoms with E-state index in [0.29, 0.717) is 18.5 Å². The van der Waals surface area contributed by atoms with Crippen LogP contribution in [0.4, 0.5) is 4.39 Å². The number of nitrogens with zero attached hydrogens (tertiary/aromatic N) is 1. The van der Waals surface area contributed by atoms with Crippen molar-refractivity contribution in [2.24, 2.45) is 5.73 Å². The number of benzene rings is 1. The van der Waals surface area contributed by atoms with Gasteiger partial charge in [-0.15, -0.1) is 0 Å². The van der Waals surface area contributed by atoms with Crippen molar-refractivity contribution in [2.75, 3.05) is 19.7 Å². The van der Waals surface area contributed by atoms with Crippen molar-refractivity contribution in [3.63, 3.8) is 0 Å². The number of amidine groups is 1. The molecular weight excluding hydrogens is 233 g/mol. The normalized spacial score (nSPS) is 10.9. The SMILES string of the molecule is CCN(CCCO)Cc1cccc(C(=N)N)c1F. The second-order valence-electron chi connectivity index (χ2n) is 4.14. The molecule has 0 unspecified atom stereocenters. The summed E-state index contributed by atoms with van der Waals surface area (Å²) in [5.74, 6) is -0.680. The van der Waals surface area contributed by atoms with Gasteiger partial charge in [0.1, 0.15) is 11.7 Å². The molecule has 0 spiro atoms. The zero-order chi connectivity index (χ0) is 13.5. The number of nitrogen functional groups attached to an aromatic ring is 1. The molecule has 0 fully saturated rings. The van der Waals surface area contributed by atoms with Crippen molar-refractivity contribution in [3.05, 3.63) is 35.1 Å². The first-order valence-corrected chi connectivity index (χ1v) is 6.05. The van der Waals surface area contributed by atoms with Gasteiger partial charge in [0.15, 0.2) is 0 Å². The smallest absolute Gasteiger partial charge is 0.138 e. The lowest BCUT2D eigenvalue weighted by atomic mass is 10.1. The lowest BCUT2D eigenvalue weighted by Crippen LogP contribution is -2.26. The number of nitrogens with two attached hydrogens (primary N) is 1. The minimum atomic E-state index is -0.424. The molecule has 1 aromatic carbocycles. The molecule has 0 aromatic heterocycles. The van der Waals surface area contributed by atoms with E-state index >= 15 is 0 Å². The summed E-state index contributed by atoms with van der Waals surface area (Å²) in [4.78, 5) is 2.04. The van der Waals surface area contributed by atoms with Crippen LogP contribution < -0.4 is 5.73 Å². The quantitative estimate of drug-likeness (QED) is 0.507. The van der Waals surface area contributed by atoms with Gasteiger partial charge < -0.3 is 10.8 Å². The van der Waals surface area contributed by atoms with Crippen LogP contribution >= 0.6 is 0 Å². The highest BCUT2D eigenvalue weighted by Gasteiger charge is 2.12. The Hall–Kier alpha value is -1.46. The maximum atomic E-state index is 14.0. The molecule has 0 heterocycles. The van der Waals surface area contributed by atoms with Crippen molar-refractivity contribution < 1.29 is 9.50 Å². The van der Waals surface area contributed by atoms with Gasteiger partial charge in [-0.1, -0.05) is 19.1 Å². The van der Waals surface area contributed by atoms with Crippen LogP contribution in [0.3, 0.4) is 0 Å². The topological polar surface area (TPSA) is 73.3 Å². The van der Waals surface area contributed by atoms with Crippen molar-refractivity contribution >= 4 is 5.84 Å². The van der Waals surface area contributed by atoms with E-state index in [4.69, 9.17) is 16.2 Å². The Bertz CT molecular complexity index is 409. The molecule has 0 amide bonds. The Kier molecular flexibility index (Phi) is 5.74. The van der Waals surface area contributed by atoms with Crippen LogP contribution in [0.25, 0.3) is 0 Å². The van der Waals surface area contributed by atoms with E-state index in [0.717, 1.165) is 13.1 Å². The molecule has 0 bridgehead atoms. The number of aliphatic hydroxyl groups is 1. The summed E-state index contributed by atoms with van der Waals surface area (Å²) < 4.78 is 14.0. The van der Waals surface area contributed by atoms with Crippen LogP contribution in [0.15, 0.2) is 18.2 Å².